The van der Waals surface area contributed by atoms with Gasteiger partial charge in [0.05, 0.1) is 13.2 Å². The highest BCUT2D eigenvalue weighted by Crippen LogP contribution is 2.23. The van der Waals surface area contributed by atoms with E-state index in [9.17, 15) is 4.79 Å². The number of anilines is 3. The molecule has 5 rings (SSSR count). The van der Waals surface area contributed by atoms with E-state index in [1.165, 1.54) is 0 Å². The number of rotatable bonds is 8. The van der Waals surface area contributed by atoms with Gasteiger partial charge in [-0.2, -0.15) is 4.98 Å². The molecule has 2 N–H and O–H groups in total. The number of amides is 1. The summed E-state index contributed by atoms with van der Waals surface area (Å²) in [7, 11) is 0. The molecule has 1 saturated heterocycles. The minimum atomic E-state index is -0.248. The lowest BCUT2D eigenvalue weighted by Gasteiger charge is -2.29. The summed E-state index contributed by atoms with van der Waals surface area (Å²) in [6.07, 6.45) is 5.02. The van der Waals surface area contributed by atoms with Crippen LogP contribution in [0.15, 0.2) is 67.3 Å². The van der Waals surface area contributed by atoms with E-state index in [-0.39, 0.29) is 11.8 Å². The van der Waals surface area contributed by atoms with E-state index < -0.39 is 0 Å². The number of ether oxygens (including phenoxy) is 1. The maximum atomic E-state index is 12.8. The second kappa shape index (κ2) is 13.9. The number of aryl methyl sites for hydroxylation is 1. The van der Waals surface area contributed by atoms with E-state index in [0.29, 0.717) is 29.0 Å². The SMILES string of the molecule is CC.Cc1cnc(Nc2cccc(N3CCOCC3)c2)nc1-n1cnc(C(=O)NCC(C)c2cccc(Cl)c2)c1. The normalized spacial score (nSPS) is 13.7. The summed E-state index contributed by atoms with van der Waals surface area (Å²) in [5, 5.41) is 6.94. The monoisotopic (exact) mass is 561 g/mol. The molecule has 1 fully saturated rings. The first-order valence-corrected chi connectivity index (χ1v) is 14.0. The topological polar surface area (TPSA) is 97.2 Å². The quantitative estimate of drug-likeness (QED) is 0.282. The van der Waals surface area contributed by atoms with Crippen LogP contribution < -0.4 is 15.5 Å². The maximum absolute atomic E-state index is 12.8. The first kappa shape index (κ1) is 29.0. The van der Waals surface area contributed by atoms with Crippen LogP contribution in [0.4, 0.5) is 17.3 Å². The Balaban J connectivity index is 0.00000181. The van der Waals surface area contributed by atoms with Crippen LogP contribution in [0.25, 0.3) is 5.82 Å². The number of hydrogen-bond donors (Lipinski definition) is 2. The molecule has 0 spiro atoms. The summed E-state index contributed by atoms with van der Waals surface area (Å²) < 4.78 is 7.20. The first-order chi connectivity index (χ1) is 19.5. The highest BCUT2D eigenvalue weighted by atomic mass is 35.5. The molecule has 0 saturated carbocycles. The van der Waals surface area contributed by atoms with Gasteiger partial charge in [-0.3, -0.25) is 9.36 Å². The number of morpholine rings is 1. The first-order valence-electron chi connectivity index (χ1n) is 13.6. The molecule has 1 aliphatic rings. The minimum absolute atomic E-state index is 0.110. The molecule has 1 aliphatic heterocycles. The van der Waals surface area contributed by atoms with Crippen molar-refractivity contribution in [3.05, 3.63) is 89.1 Å². The Labute approximate surface area is 240 Å². The predicted octanol–water partition coefficient (Wildman–Crippen LogP) is 5.76. The summed E-state index contributed by atoms with van der Waals surface area (Å²) in [6.45, 7) is 11.6. The minimum Gasteiger partial charge on any atom is -0.378 e. The van der Waals surface area contributed by atoms with Crippen molar-refractivity contribution in [1.29, 1.82) is 0 Å². The van der Waals surface area contributed by atoms with Gasteiger partial charge in [-0.15, -0.1) is 0 Å². The molecule has 10 heteroatoms. The summed E-state index contributed by atoms with van der Waals surface area (Å²) in [6, 6.07) is 15.8. The smallest absolute Gasteiger partial charge is 0.271 e. The number of carbonyl (C=O) groups is 1. The van der Waals surface area contributed by atoms with Crippen molar-refractivity contribution in [2.45, 2.75) is 33.6 Å². The molecule has 40 heavy (non-hydrogen) atoms. The lowest BCUT2D eigenvalue weighted by atomic mass is 10.0. The fraction of sp³-hybridized carbons (Fsp3) is 0.333. The van der Waals surface area contributed by atoms with E-state index in [2.05, 4.69) is 37.6 Å². The zero-order valence-corrected chi connectivity index (χ0v) is 24.2. The van der Waals surface area contributed by atoms with Crippen LogP contribution in [0.3, 0.4) is 0 Å². The third-order valence-corrected chi connectivity index (χ3v) is 6.70. The van der Waals surface area contributed by atoms with Gasteiger partial charge in [-0.1, -0.05) is 50.6 Å². The molecule has 1 unspecified atom stereocenters. The Kier molecular flexibility index (Phi) is 10.1. The lowest BCUT2D eigenvalue weighted by Crippen LogP contribution is -2.36. The molecule has 9 nitrogen and oxygen atoms in total. The van der Waals surface area contributed by atoms with Crippen molar-refractivity contribution >= 4 is 34.8 Å². The molecule has 0 bridgehead atoms. The van der Waals surface area contributed by atoms with Crippen LogP contribution in [0.1, 0.15) is 48.3 Å². The average molecular weight is 562 g/mol. The maximum Gasteiger partial charge on any atom is 0.271 e. The van der Waals surface area contributed by atoms with Gasteiger partial charge in [0, 0.05) is 54.0 Å². The van der Waals surface area contributed by atoms with Crippen LogP contribution in [0.2, 0.25) is 5.02 Å². The lowest BCUT2D eigenvalue weighted by molar-refractivity contribution is 0.0947. The van der Waals surface area contributed by atoms with Gasteiger partial charge in [0.1, 0.15) is 17.8 Å². The fourth-order valence-electron chi connectivity index (χ4n) is 4.31. The average Bonchev–Trinajstić information content (AvgIpc) is 3.49. The van der Waals surface area contributed by atoms with Gasteiger partial charge in [0.15, 0.2) is 0 Å². The van der Waals surface area contributed by atoms with Crippen LogP contribution in [0, 0.1) is 6.92 Å². The largest absolute Gasteiger partial charge is 0.378 e. The highest BCUT2D eigenvalue weighted by Gasteiger charge is 2.15. The third-order valence-electron chi connectivity index (χ3n) is 6.47. The Bertz CT molecular complexity index is 1420. The number of aromatic nitrogens is 4. The Morgan fingerprint density at radius 3 is 2.65 bits per heavy atom. The van der Waals surface area contributed by atoms with E-state index >= 15 is 0 Å². The van der Waals surface area contributed by atoms with Crippen molar-refractivity contribution in [2.24, 2.45) is 0 Å². The zero-order valence-electron chi connectivity index (χ0n) is 23.4. The van der Waals surface area contributed by atoms with Crippen LogP contribution in [-0.4, -0.2) is 58.3 Å². The number of nitrogens with one attached hydrogen (secondary N) is 2. The van der Waals surface area contributed by atoms with E-state index in [0.717, 1.165) is 48.8 Å². The van der Waals surface area contributed by atoms with Crippen LogP contribution in [0.5, 0.6) is 0 Å². The number of halogens is 1. The van der Waals surface area contributed by atoms with Gasteiger partial charge < -0.3 is 20.3 Å². The van der Waals surface area contributed by atoms with Gasteiger partial charge in [0.25, 0.3) is 5.91 Å². The highest BCUT2D eigenvalue weighted by molar-refractivity contribution is 6.30. The number of nitrogens with zero attached hydrogens (tertiary/aromatic N) is 5. The Hall–Kier alpha value is -3.95. The number of hydrogen-bond acceptors (Lipinski definition) is 7. The summed E-state index contributed by atoms with van der Waals surface area (Å²) in [5.41, 5.74) is 4.25. The van der Waals surface area contributed by atoms with Gasteiger partial charge in [-0.25, -0.2) is 9.97 Å². The molecule has 1 atom stereocenters. The molecule has 2 aromatic carbocycles. The molecular formula is C30H36ClN7O2. The van der Waals surface area contributed by atoms with Crippen LogP contribution >= 0.6 is 11.6 Å². The Morgan fingerprint density at radius 2 is 1.88 bits per heavy atom. The van der Waals surface area contributed by atoms with E-state index in [1.807, 2.05) is 64.1 Å². The van der Waals surface area contributed by atoms with Crippen molar-refractivity contribution < 1.29 is 9.53 Å². The predicted molar refractivity (Wildman–Crippen MR) is 160 cm³/mol. The third kappa shape index (κ3) is 7.37. The van der Waals surface area contributed by atoms with Gasteiger partial charge in [-0.05, 0) is 48.7 Å². The summed E-state index contributed by atoms with van der Waals surface area (Å²) in [5.74, 6) is 0.965. The second-order valence-corrected chi connectivity index (χ2v) is 9.74. The fourth-order valence-corrected chi connectivity index (χ4v) is 4.51. The second-order valence-electron chi connectivity index (χ2n) is 9.31. The van der Waals surface area contributed by atoms with E-state index in [4.69, 9.17) is 21.3 Å². The van der Waals surface area contributed by atoms with Gasteiger partial charge >= 0.3 is 0 Å². The van der Waals surface area contributed by atoms with Crippen molar-refractivity contribution in [3.63, 3.8) is 0 Å². The molecular weight excluding hydrogens is 526 g/mol. The Morgan fingerprint density at radius 1 is 1.10 bits per heavy atom. The van der Waals surface area contributed by atoms with Crippen molar-refractivity contribution in [1.82, 2.24) is 24.8 Å². The van der Waals surface area contributed by atoms with Gasteiger partial charge in [0.2, 0.25) is 5.95 Å². The zero-order chi connectivity index (χ0) is 28.5. The van der Waals surface area contributed by atoms with E-state index in [1.54, 1.807) is 23.3 Å². The molecule has 2 aromatic heterocycles. The van der Waals surface area contributed by atoms with Crippen molar-refractivity contribution in [3.8, 4) is 5.82 Å². The molecule has 0 radical (unpaired) electrons. The molecule has 1 amide bonds. The number of carbonyl (C=O) groups excluding carboxylic acids is 1. The van der Waals surface area contributed by atoms with Crippen molar-refractivity contribution in [2.75, 3.05) is 43.1 Å². The molecule has 210 valence electrons. The standard InChI is InChI=1S/C28H30ClN7O2.C2H6/c1-19(21-5-3-6-22(29)13-21)15-30-27(37)25-17-36(18-32-25)26-20(2)16-31-28(34-26)33-23-7-4-8-24(14-23)35-9-11-38-12-10-35;1-2/h3-8,13-14,16-19H,9-12,15H2,1-2H3,(H,30,37)(H,31,33,34);1-2H3. The number of benzene rings is 2. The summed E-state index contributed by atoms with van der Waals surface area (Å²) >= 11 is 6.10. The molecule has 0 aliphatic carbocycles. The molecule has 4 aromatic rings. The summed E-state index contributed by atoms with van der Waals surface area (Å²) in [4.78, 5) is 28.5. The van der Waals surface area contributed by atoms with Crippen LogP contribution in [-0.2, 0) is 4.74 Å². The number of imidazole rings is 1. The molecule has 3 heterocycles.